The molecule has 1 saturated carbocycles. The summed E-state index contributed by atoms with van der Waals surface area (Å²) < 4.78 is 5.74. The van der Waals surface area contributed by atoms with Crippen LogP contribution in [0.2, 0.25) is 0 Å². The van der Waals surface area contributed by atoms with Gasteiger partial charge < -0.3 is 10.5 Å². The molecule has 1 aliphatic carbocycles. The van der Waals surface area contributed by atoms with Crippen LogP contribution in [0.4, 0.5) is 0 Å². The van der Waals surface area contributed by atoms with E-state index in [0.29, 0.717) is 18.5 Å². The van der Waals surface area contributed by atoms with Crippen LogP contribution in [0.5, 0.6) is 5.88 Å². The normalized spacial score (nSPS) is 17.2. The van der Waals surface area contributed by atoms with Gasteiger partial charge in [0.2, 0.25) is 5.88 Å². The standard InChI is InChI=1S/C10H15N3O/c11-7-8-5-6-12-13-10(8)14-9-3-1-2-4-9/h5-6,9H,1-4,7,11H2. The molecule has 4 nitrogen and oxygen atoms in total. The van der Waals surface area contributed by atoms with E-state index >= 15 is 0 Å². The van der Waals surface area contributed by atoms with Gasteiger partial charge in [-0.15, -0.1) is 5.10 Å². The minimum atomic E-state index is 0.317. The largest absolute Gasteiger partial charge is 0.473 e. The molecule has 0 bridgehead atoms. The van der Waals surface area contributed by atoms with E-state index in [2.05, 4.69) is 10.2 Å². The van der Waals surface area contributed by atoms with Gasteiger partial charge in [-0.05, 0) is 31.7 Å². The van der Waals surface area contributed by atoms with Crippen molar-refractivity contribution in [2.45, 2.75) is 38.3 Å². The fourth-order valence-corrected chi connectivity index (χ4v) is 1.76. The van der Waals surface area contributed by atoms with Gasteiger partial charge >= 0.3 is 0 Å². The lowest BCUT2D eigenvalue weighted by molar-refractivity contribution is 0.197. The van der Waals surface area contributed by atoms with Crippen LogP contribution in [0.25, 0.3) is 0 Å². The van der Waals surface area contributed by atoms with Crippen molar-refractivity contribution in [1.82, 2.24) is 10.2 Å². The monoisotopic (exact) mass is 193 g/mol. The Labute approximate surface area is 83.5 Å². The first-order valence-electron chi connectivity index (χ1n) is 5.07. The van der Waals surface area contributed by atoms with E-state index in [0.717, 1.165) is 18.4 Å². The molecule has 0 amide bonds. The van der Waals surface area contributed by atoms with Gasteiger partial charge in [-0.3, -0.25) is 0 Å². The molecule has 0 aliphatic heterocycles. The van der Waals surface area contributed by atoms with Gasteiger partial charge in [0, 0.05) is 12.1 Å². The summed E-state index contributed by atoms with van der Waals surface area (Å²) in [6.07, 6.45) is 6.72. The Hall–Kier alpha value is -1.16. The summed E-state index contributed by atoms with van der Waals surface area (Å²) in [7, 11) is 0. The van der Waals surface area contributed by atoms with E-state index in [1.54, 1.807) is 6.20 Å². The Bertz CT molecular complexity index is 297. The molecule has 1 aromatic rings. The Balaban J connectivity index is 2.07. The molecule has 0 spiro atoms. The molecule has 0 unspecified atom stereocenters. The second-order valence-electron chi connectivity index (χ2n) is 3.59. The zero-order chi connectivity index (χ0) is 9.80. The smallest absolute Gasteiger partial charge is 0.238 e. The maximum absolute atomic E-state index is 5.74. The number of ether oxygens (including phenoxy) is 1. The highest BCUT2D eigenvalue weighted by Gasteiger charge is 2.18. The van der Waals surface area contributed by atoms with Gasteiger partial charge in [-0.25, -0.2) is 0 Å². The zero-order valence-corrected chi connectivity index (χ0v) is 8.15. The fourth-order valence-electron chi connectivity index (χ4n) is 1.76. The van der Waals surface area contributed by atoms with Crippen LogP contribution in [-0.4, -0.2) is 16.3 Å². The minimum Gasteiger partial charge on any atom is -0.473 e. The molecule has 1 aliphatic rings. The second-order valence-corrected chi connectivity index (χ2v) is 3.59. The van der Waals surface area contributed by atoms with E-state index in [4.69, 9.17) is 10.5 Å². The van der Waals surface area contributed by atoms with E-state index in [-0.39, 0.29) is 0 Å². The first kappa shape index (κ1) is 9.40. The SMILES string of the molecule is NCc1ccnnc1OC1CCCC1. The third-order valence-electron chi connectivity index (χ3n) is 2.57. The van der Waals surface area contributed by atoms with Crippen LogP contribution in [-0.2, 0) is 6.54 Å². The summed E-state index contributed by atoms with van der Waals surface area (Å²) in [5.74, 6) is 0.613. The Morgan fingerprint density at radius 2 is 2.21 bits per heavy atom. The van der Waals surface area contributed by atoms with Crippen molar-refractivity contribution in [3.63, 3.8) is 0 Å². The highest BCUT2D eigenvalue weighted by Crippen LogP contribution is 2.24. The van der Waals surface area contributed by atoms with Crippen molar-refractivity contribution in [3.05, 3.63) is 17.8 Å². The van der Waals surface area contributed by atoms with Crippen molar-refractivity contribution in [2.24, 2.45) is 5.73 Å². The van der Waals surface area contributed by atoms with E-state index in [1.165, 1.54) is 12.8 Å². The minimum absolute atomic E-state index is 0.317. The topological polar surface area (TPSA) is 61.0 Å². The molecule has 4 heteroatoms. The van der Waals surface area contributed by atoms with E-state index in [9.17, 15) is 0 Å². The van der Waals surface area contributed by atoms with Crippen LogP contribution in [0.3, 0.4) is 0 Å². The van der Waals surface area contributed by atoms with Crippen molar-refractivity contribution in [1.29, 1.82) is 0 Å². The third kappa shape index (κ3) is 2.01. The van der Waals surface area contributed by atoms with Crippen molar-refractivity contribution < 1.29 is 4.74 Å². The van der Waals surface area contributed by atoms with Gasteiger partial charge in [0.05, 0.1) is 6.20 Å². The average Bonchev–Trinajstić information content (AvgIpc) is 2.71. The van der Waals surface area contributed by atoms with Crippen molar-refractivity contribution in [2.75, 3.05) is 0 Å². The first-order chi connectivity index (χ1) is 6.90. The summed E-state index contributed by atoms with van der Waals surface area (Å²) in [5, 5.41) is 7.77. The molecule has 0 aromatic carbocycles. The molecule has 2 rings (SSSR count). The molecule has 0 radical (unpaired) electrons. The summed E-state index contributed by atoms with van der Waals surface area (Å²) in [6.45, 7) is 0.456. The molecule has 1 aromatic heterocycles. The number of hydrogen-bond donors (Lipinski definition) is 1. The molecular formula is C10H15N3O. The number of rotatable bonds is 3. The number of nitrogens with two attached hydrogens (primary N) is 1. The second kappa shape index (κ2) is 4.37. The molecule has 0 atom stereocenters. The maximum atomic E-state index is 5.74. The van der Waals surface area contributed by atoms with Gasteiger partial charge in [-0.2, -0.15) is 5.10 Å². The lowest BCUT2D eigenvalue weighted by atomic mass is 10.3. The van der Waals surface area contributed by atoms with Crippen LogP contribution < -0.4 is 10.5 Å². The highest BCUT2D eigenvalue weighted by molar-refractivity contribution is 5.23. The quantitative estimate of drug-likeness (QED) is 0.785. The molecule has 1 heterocycles. The molecule has 76 valence electrons. The van der Waals surface area contributed by atoms with Gasteiger partial charge in [0.15, 0.2) is 0 Å². The van der Waals surface area contributed by atoms with Gasteiger partial charge in [-0.1, -0.05) is 0 Å². The van der Waals surface area contributed by atoms with E-state index < -0.39 is 0 Å². The Kier molecular flexibility index (Phi) is 2.93. The van der Waals surface area contributed by atoms with Gasteiger partial charge in [0.25, 0.3) is 0 Å². The fraction of sp³-hybridized carbons (Fsp3) is 0.600. The molecule has 2 N–H and O–H groups in total. The van der Waals surface area contributed by atoms with Crippen molar-refractivity contribution in [3.8, 4) is 5.88 Å². The van der Waals surface area contributed by atoms with Crippen LogP contribution in [0.15, 0.2) is 12.3 Å². The van der Waals surface area contributed by atoms with Crippen LogP contribution in [0.1, 0.15) is 31.2 Å². The Morgan fingerprint density at radius 1 is 1.43 bits per heavy atom. The third-order valence-corrected chi connectivity index (χ3v) is 2.57. The molecule has 14 heavy (non-hydrogen) atoms. The first-order valence-corrected chi connectivity index (χ1v) is 5.07. The lowest BCUT2D eigenvalue weighted by Crippen LogP contribution is -2.14. The summed E-state index contributed by atoms with van der Waals surface area (Å²) in [6, 6.07) is 1.86. The molecular weight excluding hydrogens is 178 g/mol. The summed E-state index contributed by atoms with van der Waals surface area (Å²) >= 11 is 0. The Morgan fingerprint density at radius 3 is 2.93 bits per heavy atom. The summed E-state index contributed by atoms with van der Waals surface area (Å²) in [4.78, 5) is 0. The van der Waals surface area contributed by atoms with Crippen LogP contribution in [0, 0.1) is 0 Å². The zero-order valence-electron chi connectivity index (χ0n) is 8.15. The summed E-state index contributed by atoms with van der Waals surface area (Å²) in [5.41, 5.74) is 6.51. The number of nitrogens with zero attached hydrogens (tertiary/aromatic N) is 2. The maximum Gasteiger partial charge on any atom is 0.238 e. The molecule has 1 fully saturated rings. The van der Waals surface area contributed by atoms with E-state index in [1.807, 2.05) is 6.07 Å². The predicted molar refractivity (Wildman–Crippen MR) is 52.8 cm³/mol. The predicted octanol–water partition coefficient (Wildman–Crippen LogP) is 1.26. The lowest BCUT2D eigenvalue weighted by Gasteiger charge is -2.13. The average molecular weight is 193 g/mol. The van der Waals surface area contributed by atoms with Crippen molar-refractivity contribution >= 4 is 0 Å². The van der Waals surface area contributed by atoms with Gasteiger partial charge in [0.1, 0.15) is 6.10 Å². The molecule has 0 saturated heterocycles. The number of hydrogen-bond acceptors (Lipinski definition) is 4. The number of aromatic nitrogens is 2. The van der Waals surface area contributed by atoms with Crippen LogP contribution >= 0.6 is 0 Å². The highest BCUT2D eigenvalue weighted by atomic mass is 16.5.